The first-order valence-electron chi connectivity index (χ1n) is 7.53. The van der Waals surface area contributed by atoms with E-state index >= 15 is 0 Å². The second kappa shape index (κ2) is 7.75. The fraction of sp³-hybridized carbons (Fsp3) is 0.600. The number of nitrogens with zero attached hydrogens (tertiary/aromatic N) is 1. The molecular formula is C15H23ClN2O3S. The van der Waals surface area contributed by atoms with Gasteiger partial charge in [0.25, 0.3) is 0 Å². The van der Waals surface area contributed by atoms with Crippen molar-refractivity contribution in [2.24, 2.45) is 5.73 Å². The maximum absolute atomic E-state index is 12.7. The second-order valence-electron chi connectivity index (χ2n) is 5.55. The van der Waals surface area contributed by atoms with Crippen LogP contribution < -0.4 is 5.73 Å². The van der Waals surface area contributed by atoms with Crippen LogP contribution in [0.1, 0.15) is 24.8 Å². The highest BCUT2D eigenvalue weighted by Crippen LogP contribution is 2.28. The lowest BCUT2D eigenvalue weighted by atomic mass is 10.1. The minimum atomic E-state index is -3.54. The maximum atomic E-state index is 12.7. The summed E-state index contributed by atoms with van der Waals surface area (Å²) in [5, 5.41) is 0.270. The van der Waals surface area contributed by atoms with Crippen LogP contribution in [0.25, 0.3) is 0 Å². The Hall–Kier alpha value is -0.660. The summed E-state index contributed by atoms with van der Waals surface area (Å²) in [5.74, 6) is 0. The summed E-state index contributed by atoms with van der Waals surface area (Å²) < 4.78 is 32.6. The molecule has 2 N–H and O–H groups in total. The summed E-state index contributed by atoms with van der Waals surface area (Å²) in [4.78, 5) is 0.191. The van der Waals surface area contributed by atoms with Gasteiger partial charge in [0.15, 0.2) is 0 Å². The van der Waals surface area contributed by atoms with Crippen LogP contribution >= 0.6 is 11.6 Å². The standard InChI is InChI=1S/C15H23ClN2O3S/c1-12-3-4-14(16)15(11-12)22(19,20)18-8-5-13(6-9-18)21-10-2-7-17/h3-4,11,13H,2,5-10,17H2,1H3. The number of halogens is 1. The van der Waals surface area contributed by atoms with E-state index in [-0.39, 0.29) is 16.0 Å². The zero-order chi connectivity index (χ0) is 16.2. The molecule has 0 radical (unpaired) electrons. The van der Waals surface area contributed by atoms with Crippen LogP contribution in [-0.2, 0) is 14.8 Å². The molecule has 7 heteroatoms. The van der Waals surface area contributed by atoms with Gasteiger partial charge in [0.05, 0.1) is 11.1 Å². The molecule has 1 heterocycles. The summed E-state index contributed by atoms with van der Waals surface area (Å²) in [7, 11) is -3.54. The third-order valence-corrected chi connectivity index (χ3v) is 6.19. The molecule has 2 rings (SSSR count). The lowest BCUT2D eigenvalue weighted by Gasteiger charge is -2.31. The number of sulfonamides is 1. The quantitative estimate of drug-likeness (QED) is 0.801. The molecule has 0 amide bonds. The molecular weight excluding hydrogens is 324 g/mol. The number of piperidine rings is 1. The number of benzene rings is 1. The van der Waals surface area contributed by atoms with Gasteiger partial charge in [0.2, 0.25) is 10.0 Å². The van der Waals surface area contributed by atoms with Crippen LogP contribution in [0, 0.1) is 6.92 Å². The zero-order valence-electron chi connectivity index (χ0n) is 12.8. The van der Waals surface area contributed by atoms with E-state index in [9.17, 15) is 8.42 Å². The van der Waals surface area contributed by atoms with Gasteiger partial charge in [-0.1, -0.05) is 17.7 Å². The van der Waals surface area contributed by atoms with Crippen LogP contribution in [0.2, 0.25) is 5.02 Å². The van der Waals surface area contributed by atoms with E-state index in [0.717, 1.165) is 12.0 Å². The van der Waals surface area contributed by atoms with Gasteiger partial charge in [-0.2, -0.15) is 4.31 Å². The molecule has 0 atom stereocenters. The number of aryl methyl sites for hydroxylation is 1. The number of hydrogen-bond donors (Lipinski definition) is 1. The van der Waals surface area contributed by atoms with E-state index in [0.29, 0.717) is 39.1 Å². The van der Waals surface area contributed by atoms with Crippen molar-refractivity contribution < 1.29 is 13.2 Å². The average molecular weight is 347 g/mol. The minimum absolute atomic E-state index is 0.117. The molecule has 124 valence electrons. The Morgan fingerprint density at radius 1 is 1.36 bits per heavy atom. The van der Waals surface area contributed by atoms with Gasteiger partial charge in [-0.15, -0.1) is 0 Å². The molecule has 1 fully saturated rings. The number of rotatable bonds is 6. The summed E-state index contributed by atoms with van der Waals surface area (Å²) in [6.07, 6.45) is 2.35. The van der Waals surface area contributed by atoms with Crippen molar-refractivity contribution in [2.75, 3.05) is 26.2 Å². The van der Waals surface area contributed by atoms with Crippen LogP contribution in [0.5, 0.6) is 0 Å². The fourth-order valence-corrected chi connectivity index (χ4v) is 4.55. The molecule has 0 aliphatic carbocycles. The van der Waals surface area contributed by atoms with Gasteiger partial charge in [-0.25, -0.2) is 8.42 Å². The molecule has 0 saturated carbocycles. The third-order valence-electron chi connectivity index (χ3n) is 3.81. The summed E-state index contributed by atoms with van der Waals surface area (Å²) >= 11 is 6.07. The van der Waals surface area contributed by atoms with Gasteiger partial charge in [0.1, 0.15) is 4.90 Å². The Bertz CT molecular complexity index is 599. The second-order valence-corrected chi connectivity index (χ2v) is 7.86. The normalized spacial score (nSPS) is 17.8. The van der Waals surface area contributed by atoms with Crippen molar-refractivity contribution in [1.29, 1.82) is 0 Å². The summed E-state index contributed by atoms with van der Waals surface area (Å²) in [6, 6.07) is 5.06. The van der Waals surface area contributed by atoms with E-state index in [4.69, 9.17) is 22.1 Å². The monoisotopic (exact) mass is 346 g/mol. The zero-order valence-corrected chi connectivity index (χ0v) is 14.4. The summed E-state index contributed by atoms with van der Waals surface area (Å²) in [5.41, 5.74) is 6.31. The van der Waals surface area contributed by atoms with Crippen molar-refractivity contribution in [3.05, 3.63) is 28.8 Å². The molecule has 0 aromatic heterocycles. The Balaban J connectivity index is 2.02. The van der Waals surface area contributed by atoms with Crippen LogP contribution in [0.3, 0.4) is 0 Å². The van der Waals surface area contributed by atoms with E-state index in [2.05, 4.69) is 0 Å². The molecule has 0 unspecified atom stereocenters. The van der Waals surface area contributed by atoms with Crippen molar-refractivity contribution in [3.8, 4) is 0 Å². The topological polar surface area (TPSA) is 72.6 Å². The van der Waals surface area contributed by atoms with Gasteiger partial charge in [0, 0.05) is 19.7 Å². The highest BCUT2D eigenvalue weighted by atomic mass is 35.5. The van der Waals surface area contributed by atoms with Crippen molar-refractivity contribution in [1.82, 2.24) is 4.31 Å². The predicted molar refractivity (Wildman–Crippen MR) is 87.6 cm³/mol. The Morgan fingerprint density at radius 2 is 2.05 bits per heavy atom. The average Bonchev–Trinajstić information content (AvgIpc) is 2.50. The Labute approximate surface area is 137 Å². The molecule has 1 aromatic rings. The number of hydrogen-bond acceptors (Lipinski definition) is 4. The highest BCUT2D eigenvalue weighted by Gasteiger charge is 2.31. The van der Waals surface area contributed by atoms with E-state index in [1.54, 1.807) is 18.2 Å². The molecule has 1 aromatic carbocycles. The lowest BCUT2D eigenvalue weighted by molar-refractivity contribution is 0.0209. The first-order valence-corrected chi connectivity index (χ1v) is 9.35. The molecule has 1 saturated heterocycles. The first-order chi connectivity index (χ1) is 10.4. The molecule has 22 heavy (non-hydrogen) atoms. The lowest BCUT2D eigenvalue weighted by Crippen LogP contribution is -2.41. The van der Waals surface area contributed by atoms with E-state index in [1.165, 1.54) is 4.31 Å². The molecule has 0 spiro atoms. The molecule has 5 nitrogen and oxygen atoms in total. The summed E-state index contributed by atoms with van der Waals surface area (Å²) in [6.45, 7) is 4.02. The van der Waals surface area contributed by atoms with Gasteiger partial charge in [-0.3, -0.25) is 0 Å². The molecule has 1 aliphatic rings. The molecule has 1 aliphatic heterocycles. The van der Waals surface area contributed by atoms with Crippen LogP contribution in [0.4, 0.5) is 0 Å². The number of nitrogens with two attached hydrogens (primary N) is 1. The van der Waals surface area contributed by atoms with Crippen molar-refractivity contribution >= 4 is 21.6 Å². The van der Waals surface area contributed by atoms with Crippen LogP contribution in [-0.4, -0.2) is 45.1 Å². The third kappa shape index (κ3) is 4.20. The minimum Gasteiger partial charge on any atom is -0.378 e. The van der Waals surface area contributed by atoms with Crippen molar-refractivity contribution in [2.45, 2.75) is 37.2 Å². The van der Waals surface area contributed by atoms with Gasteiger partial charge >= 0.3 is 0 Å². The number of ether oxygens (including phenoxy) is 1. The largest absolute Gasteiger partial charge is 0.378 e. The Morgan fingerprint density at radius 3 is 2.68 bits per heavy atom. The fourth-order valence-electron chi connectivity index (χ4n) is 2.52. The van der Waals surface area contributed by atoms with E-state index in [1.807, 2.05) is 6.92 Å². The molecule has 0 bridgehead atoms. The van der Waals surface area contributed by atoms with Crippen molar-refractivity contribution in [3.63, 3.8) is 0 Å². The smallest absolute Gasteiger partial charge is 0.244 e. The maximum Gasteiger partial charge on any atom is 0.244 e. The van der Waals surface area contributed by atoms with Crippen LogP contribution in [0.15, 0.2) is 23.1 Å². The Kier molecular flexibility index (Phi) is 6.23. The van der Waals surface area contributed by atoms with E-state index < -0.39 is 10.0 Å². The first kappa shape index (κ1) is 17.7. The van der Waals surface area contributed by atoms with Gasteiger partial charge < -0.3 is 10.5 Å². The van der Waals surface area contributed by atoms with Gasteiger partial charge in [-0.05, 0) is 50.4 Å². The predicted octanol–water partition coefficient (Wildman–Crippen LogP) is 2.17. The highest BCUT2D eigenvalue weighted by molar-refractivity contribution is 7.89. The SMILES string of the molecule is Cc1ccc(Cl)c(S(=O)(=O)N2CCC(OCCCN)CC2)c1.